The summed E-state index contributed by atoms with van der Waals surface area (Å²) in [5.74, 6) is 0.102. The van der Waals surface area contributed by atoms with Gasteiger partial charge in [0.1, 0.15) is 4.88 Å². The molecule has 2 N–H and O–H groups in total. The molecule has 0 atom stereocenters. The van der Waals surface area contributed by atoms with Gasteiger partial charge in [-0.3, -0.25) is 4.79 Å². The summed E-state index contributed by atoms with van der Waals surface area (Å²) < 4.78 is 0. The zero-order valence-corrected chi connectivity index (χ0v) is 8.14. The quantitative estimate of drug-likeness (QED) is 0.741. The number of carbonyl (C=O) groups excluding carboxylic acids is 1. The summed E-state index contributed by atoms with van der Waals surface area (Å²) in [4.78, 5) is 14.4. The van der Waals surface area contributed by atoms with Gasteiger partial charge in [-0.1, -0.05) is 0 Å². The molecule has 0 unspecified atom stereocenters. The van der Waals surface area contributed by atoms with E-state index < -0.39 is 0 Å². The van der Waals surface area contributed by atoms with Gasteiger partial charge in [-0.15, -0.1) is 11.3 Å². The molecule has 1 amide bonds. The predicted octanol–water partition coefficient (Wildman–Crippen LogP) is 1.57. The number of thiophene rings is 1. The van der Waals surface area contributed by atoms with Crippen LogP contribution in [0, 0.1) is 0 Å². The highest BCUT2D eigenvalue weighted by molar-refractivity contribution is 7.12. The van der Waals surface area contributed by atoms with E-state index in [0.717, 1.165) is 25.9 Å². The first-order valence-electron chi connectivity index (χ1n) is 4.41. The SMILES string of the molecule is Nc1ccsc1C(=O)N1CCCC1. The van der Waals surface area contributed by atoms with Crippen LogP contribution in [-0.2, 0) is 0 Å². The van der Waals surface area contributed by atoms with Crippen molar-refractivity contribution in [3.8, 4) is 0 Å². The Kier molecular flexibility index (Phi) is 2.22. The number of likely N-dealkylation sites (tertiary alicyclic amines) is 1. The summed E-state index contributed by atoms with van der Waals surface area (Å²) in [7, 11) is 0. The fourth-order valence-electron chi connectivity index (χ4n) is 1.56. The van der Waals surface area contributed by atoms with Gasteiger partial charge < -0.3 is 10.6 Å². The van der Waals surface area contributed by atoms with Crippen molar-refractivity contribution >= 4 is 22.9 Å². The van der Waals surface area contributed by atoms with Gasteiger partial charge in [0.25, 0.3) is 5.91 Å². The molecule has 2 rings (SSSR count). The topological polar surface area (TPSA) is 46.3 Å². The number of rotatable bonds is 1. The Morgan fingerprint density at radius 3 is 2.69 bits per heavy atom. The molecule has 0 radical (unpaired) electrons. The maximum Gasteiger partial charge on any atom is 0.266 e. The Hall–Kier alpha value is -1.03. The first-order chi connectivity index (χ1) is 6.29. The van der Waals surface area contributed by atoms with Crippen LogP contribution in [-0.4, -0.2) is 23.9 Å². The molecular formula is C9H12N2OS. The molecule has 70 valence electrons. The van der Waals surface area contributed by atoms with Crippen molar-refractivity contribution in [3.63, 3.8) is 0 Å². The van der Waals surface area contributed by atoms with Crippen molar-refractivity contribution in [2.45, 2.75) is 12.8 Å². The summed E-state index contributed by atoms with van der Waals surface area (Å²) in [5, 5.41) is 1.86. The molecule has 0 aliphatic carbocycles. The normalized spacial score (nSPS) is 16.5. The lowest BCUT2D eigenvalue weighted by atomic mass is 10.3. The standard InChI is InChI=1S/C9H12N2OS/c10-7-3-6-13-8(7)9(12)11-4-1-2-5-11/h3,6H,1-2,4-5,10H2. The maximum atomic E-state index is 11.8. The van der Waals surface area contributed by atoms with Gasteiger partial charge >= 0.3 is 0 Å². The number of nitrogen functional groups attached to an aromatic ring is 1. The minimum Gasteiger partial charge on any atom is -0.397 e. The van der Waals surface area contributed by atoms with Crippen molar-refractivity contribution in [2.24, 2.45) is 0 Å². The number of nitrogens with two attached hydrogens (primary N) is 1. The summed E-state index contributed by atoms with van der Waals surface area (Å²) in [6.07, 6.45) is 2.24. The first-order valence-corrected chi connectivity index (χ1v) is 5.29. The molecular weight excluding hydrogens is 184 g/mol. The molecule has 1 aromatic rings. The third-order valence-electron chi connectivity index (χ3n) is 2.28. The summed E-state index contributed by atoms with van der Waals surface area (Å²) in [6, 6.07) is 1.79. The van der Waals surface area contributed by atoms with E-state index >= 15 is 0 Å². The molecule has 2 heterocycles. The second kappa shape index (κ2) is 3.38. The van der Waals surface area contributed by atoms with Crippen LogP contribution in [0.5, 0.6) is 0 Å². The predicted molar refractivity (Wildman–Crippen MR) is 53.9 cm³/mol. The Morgan fingerprint density at radius 2 is 2.15 bits per heavy atom. The fraction of sp³-hybridized carbons (Fsp3) is 0.444. The highest BCUT2D eigenvalue weighted by Crippen LogP contribution is 2.22. The highest BCUT2D eigenvalue weighted by Gasteiger charge is 2.21. The van der Waals surface area contributed by atoms with Gasteiger partial charge in [0.15, 0.2) is 0 Å². The Morgan fingerprint density at radius 1 is 1.46 bits per heavy atom. The number of hydrogen-bond donors (Lipinski definition) is 1. The van der Waals surface area contributed by atoms with Gasteiger partial charge in [0.05, 0.1) is 5.69 Å². The molecule has 0 aromatic carbocycles. The Labute approximate surface area is 81.2 Å². The Bertz CT molecular complexity index is 315. The monoisotopic (exact) mass is 196 g/mol. The number of nitrogens with zero attached hydrogens (tertiary/aromatic N) is 1. The molecule has 0 bridgehead atoms. The van der Waals surface area contributed by atoms with Crippen molar-refractivity contribution in [3.05, 3.63) is 16.3 Å². The molecule has 4 heteroatoms. The lowest BCUT2D eigenvalue weighted by Crippen LogP contribution is -2.27. The first kappa shape index (κ1) is 8.56. The zero-order valence-electron chi connectivity index (χ0n) is 7.32. The summed E-state index contributed by atoms with van der Waals surface area (Å²) in [5.41, 5.74) is 6.28. The van der Waals surface area contributed by atoms with E-state index in [1.807, 2.05) is 10.3 Å². The fourth-order valence-corrected chi connectivity index (χ4v) is 2.34. The minimum absolute atomic E-state index is 0.102. The van der Waals surface area contributed by atoms with Gasteiger partial charge in [0, 0.05) is 13.1 Å². The van der Waals surface area contributed by atoms with E-state index in [1.165, 1.54) is 11.3 Å². The third-order valence-corrected chi connectivity index (χ3v) is 3.20. The zero-order chi connectivity index (χ0) is 9.26. The van der Waals surface area contributed by atoms with Crippen LogP contribution in [0.25, 0.3) is 0 Å². The van der Waals surface area contributed by atoms with Gasteiger partial charge in [-0.2, -0.15) is 0 Å². The number of amides is 1. The van der Waals surface area contributed by atoms with Crippen LogP contribution in [0.4, 0.5) is 5.69 Å². The van der Waals surface area contributed by atoms with Crippen LogP contribution in [0.3, 0.4) is 0 Å². The molecule has 0 spiro atoms. The van der Waals surface area contributed by atoms with E-state index in [-0.39, 0.29) is 5.91 Å². The number of hydrogen-bond acceptors (Lipinski definition) is 3. The van der Waals surface area contributed by atoms with Gasteiger partial charge in [0.2, 0.25) is 0 Å². The lowest BCUT2D eigenvalue weighted by Gasteiger charge is -2.13. The largest absolute Gasteiger partial charge is 0.397 e. The molecule has 0 saturated carbocycles. The molecule has 13 heavy (non-hydrogen) atoms. The van der Waals surface area contributed by atoms with Gasteiger partial charge in [-0.05, 0) is 24.3 Å². The van der Waals surface area contributed by atoms with E-state index in [0.29, 0.717) is 10.6 Å². The van der Waals surface area contributed by atoms with Crippen LogP contribution in [0.1, 0.15) is 22.5 Å². The smallest absolute Gasteiger partial charge is 0.266 e. The van der Waals surface area contributed by atoms with E-state index in [4.69, 9.17) is 5.73 Å². The molecule has 1 aliphatic rings. The summed E-state index contributed by atoms with van der Waals surface area (Å²) >= 11 is 1.43. The molecule has 1 saturated heterocycles. The Balaban J connectivity index is 2.17. The average Bonchev–Trinajstić information content (AvgIpc) is 2.72. The van der Waals surface area contributed by atoms with Crippen molar-refractivity contribution in [2.75, 3.05) is 18.8 Å². The molecule has 3 nitrogen and oxygen atoms in total. The maximum absolute atomic E-state index is 11.8. The highest BCUT2D eigenvalue weighted by atomic mass is 32.1. The van der Waals surface area contributed by atoms with Crippen LogP contribution in [0.15, 0.2) is 11.4 Å². The summed E-state index contributed by atoms with van der Waals surface area (Å²) in [6.45, 7) is 1.77. The van der Waals surface area contributed by atoms with Crippen LogP contribution < -0.4 is 5.73 Å². The number of carbonyl (C=O) groups is 1. The molecule has 1 aromatic heterocycles. The molecule has 1 aliphatic heterocycles. The second-order valence-electron chi connectivity index (χ2n) is 3.20. The van der Waals surface area contributed by atoms with Crippen molar-refractivity contribution in [1.82, 2.24) is 4.90 Å². The number of anilines is 1. The van der Waals surface area contributed by atoms with Crippen LogP contribution in [0.2, 0.25) is 0 Å². The third kappa shape index (κ3) is 1.54. The van der Waals surface area contributed by atoms with E-state index in [2.05, 4.69) is 0 Å². The van der Waals surface area contributed by atoms with Crippen molar-refractivity contribution in [1.29, 1.82) is 0 Å². The van der Waals surface area contributed by atoms with Gasteiger partial charge in [-0.25, -0.2) is 0 Å². The molecule has 1 fully saturated rings. The van der Waals surface area contributed by atoms with Crippen molar-refractivity contribution < 1.29 is 4.79 Å². The minimum atomic E-state index is 0.102. The van der Waals surface area contributed by atoms with E-state index in [9.17, 15) is 4.79 Å². The van der Waals surface area contributed by atoms with E-state index in [1.54, 1.807) is 6.07 Å². The second-order valence-corrected chi connectivity index (χ2v) is 4.12. The van der Waals surface area contributed by atoms with Crippen LogP contribution >= 0.6 is 11.3 Å². The lowest BCUT2D eigenvalue weighted by molar-refractivity contribution is 0.0798. The average molecular weight is 196 g/mol.